The molecule has 1 N–H and O–H groups in total. The number of benzene rings is 2. The van der Waals surface area contributed by atoms with Crippen LogP contribution in [0.25, 0.3) is 0 Å². The molecule has 7 heteroatoms. The lowest BCUT2D eigenvalue weighted by Crippen LogP contribution is -2.41. The lowest BCUT2D eigenvalue weighted by Gasteiger charge is -2.22. The Kier molecular flexibility index (Phi) is 8.59. The van der Waals surface area contributed by atoms with Gasteiger partial charge < -0.3 is 5.32 Å². The molecule has 158 valence electrons. The number of anilines is 1. The molecule has 0 spiro atoms. The summed E-state index contributed by atoms with van der Waals surface area (Å²) in [4.78, 5) is 12.3. The predicted octanol–water partition coefficient (Wildman–Crippen LogP) is 3.93. The summed E-state index contributed by atoms with van der Waals surface area (Å²) in [5.74, 6) is 1.71. The summed E-state index contributed by atoms with van der Waals surface area (Å²) in [6.07, 6.45) is 1.12. The second-order valence-corrected chi connectivity index (χ2v) is 10.4. The minimum Gasteiger partial charge on any atom is -0.354 e. The molecule has 5 nitrogen and oxygen atoms in total. The molecule has 0 saturated heterocycles. The van der Waals surface area contributed by atoms with Crippen LogP contribution in [0.1, 0.15) is 36.5 Å². The largest absolute Gasteiger partial charge is 0.354 e. The lowest BCUT2D eigenvalue weighted by molar-refractivity contribution is -0.119. The van der Waals surface area contributed by atoms with E-state index in [4.69, 9.17) is 0 Å². The van der Waals surface area contributed by atoms with E-state index < -0.39 is 10.0 Å². The molecule has 2 rings (SSSR count). The van der Waals surface area contributed by atoms with Gasteiger partial charge in [-0.3, -0.25) is 9.10 Å². The van der Waals surface area contributed by atoms with Crippen LogP contribution in [0, 0.1) is 6.92 Å². The summed E-state index contributed by atoms with van der Waals surface area (Å²) < 4.78 is 25.5. The van der Waals surface area contributed by atoms with Crippen molar-refractivity contribution in [3.8, 4) is 0 Å². The zero-order valence-electron chi connectivity index (χ0n) is 17.5. The topological polar surface area (TPSA) is 66.5 Å². The van der Waals surface area contributed by atoms with Crippen LogP contribution < -0.4 is 9.62 Å². The SMILES string of the molecule is Cc1ccccc1CSCCNC(=O)CN(c1ccc(C(C)C)cc1)S(C)(=O)=O. The van der Waals surface area contributed by atoms with Gasteiger partial charge in [0.1, 0.15) is 6.54 Å². The second-order valence-electron chi connectivity index (χ2n) is 7.34. The Labute approximate surface area is 178 Å². The number of aryl methyl sites for hydroxylation is 1. The fraction of sp³-hybridized carbons (Fsp3) is 0.409. The van der Waals surface area contributed by atoms with Crippen LogP contribution in [0.3, 0.4) is 0 Å². The smallest absolute Gasteiger partial charge is 0.240 e. The van der Waals surface area contributed by atoms with E-state index >= 15 is 0 Å². The van der Waals surface area contributed by atoms with Crippen LogP contribution in [-0.4, -0.2) is 39.4 Å². The maximum Gasteiger partial charge on any atom is 0.240 e. The molecular formula is C22H30N2O3S2. The number of amides is 1. The number of rotatable bonds is 10. The van der Waals surface area contributed by atoms with E-state index in [1.54, 1.807) is 23.9 Å². The van der Waals surface area contributed by atoms with Crippen LogP contribution in [0.2, 0.25) is 0 Å². The highest BCUT2D eigenvalue weighted by molar-refractivity contribution is 7.98. The molecule has 0 aromatic heterocycles. The van der Waals surface area contributed by atoms with E-state index in [2.05, 4.69) is 38.2 Å². The van der Waals surface area contributed by atoms with Gasteiger partial charge in [-0.15, -0.1) is 0 Å². The van der Waals surface area contributed by atoms with Crippen molar-refractivity contribution in [2.45, 2.75) is 32.4 Å². The summed E-state index contributed by atoms with van der Waals surface area (Å²) in [6, 6.07) is 15.5. The molecule has 0 radical (unpaired) electrons. The molecule has 2 aromatic carbocycles. The first kappa shape index (κ1) is 23.3. The summed E-state index contributed by atoms with van der Waals surface area (Å²) in [6.45, 7) is 6.52. The third-order valence-corrected chi connectivity index (χ3v) is 6.77. The molecule has 29 heavy (non-hydrogen) atoms. The number of hydrogen-bond donors (Lipinski definition) is 1. The highest BCUT2D eigenvalue weighted by Crippen LogP contribution is 2.22. The average molecular weight is 435 g/mol. The normalized spacial score (nSPS) is 11.5. The molecule has 0 saturated carbocycles. The Morgan fingerprint density at radius 3 is 2.34 bits per heavy atom. The maximum absolute atomic E-state index is 12.3. The molecule has 0 fully saturated rings. The van der Waals surface area contributed by atoms with Crippen LogP contribution in [0.15, 0.2) is 48.5 Å². The molecule has 0 aliphatic rings. The monoisotopic (exact) mass is 434 g/mol. The summed E-state index contributed by atoms with van der Waals surface area (Å²) >= 11 is 1.74. The van der Waals surface area contributed by atoms with Gasteiger partial charge in [-0.1, -0.05) is 50.2 Å². The van der Waals surface area contributed by atoms with Crippen molar-refractivity contribution in [3.05, 3.63) is 65.2 Å². The number of thioether (sulfide) groups is 1. The van der Waals surface area contributed by atoms with Gasteiger partial charge in [-0.2, -0.15) is 11.8 Å². The van der Waals surface area contributed by atoms with E-state index in [1.807, 2.05) is 24.3 Å². The van der Waals surface area contributed by atoms with E-state index in [9.17, 15) is 13.2 Å². The van der Waals surface area contributed by atoms with E-state index in [0.717, 1.165) is 27.6 Å². The van der Waals surface area contributed by atoms with Crippen molar-refractivity contribution in [3.63, 3.8) is 0 Å². The number of hydrogen-bond acceptors (Lipinski definition) is 4. The number of carbonyl (C=O) groups is 1. The molecule has 0 aliphatic carbocycles. The molecule has 0 bridgehead atoms. The molecule has 2 aromatic rings. The minimum absolute atomic E-state index is 0.220. The van der Waals surface area contributed by atoms with Gasteiger partial charge in [0.05, 0.1) is 11.9 Å². The highest BCUT2D eigenvalue weighted by atomic mass is 32.2. The summed E-state index contributed by atoms with van der Waals surface area (Å²) in [5, 5.41) is 2.82. The predicted molar refractivity (Wildman–Crippen MR) is 123 cm³/mol. The Hall–Kier alpha value is -1.99. The molecule has 0 unspecified atom stereocenters. The molecule has 0 atom stereocenters. The highest BCUT2D eigenvalue weighted by Gasteiger charge is 2.20. The molecule has 0 heterocycles. The minimum atomic E-state index is -3.55. The lowest BCUT2D eigenvalue weighted by atomic mass is 10.0. The Bertz CT molecular complexity index is 910. The first-order valence-electron chi connectivity index (χ1n) is 9.65. The van der Waals surface area contributed by atoms with Crippen LogP contribution in [-0.2, 0) is 20.6 Å². The Morgan fingerprint density at radius 1 is 1.10 bits per heavy atom. The zero-order valence-corrected chi connectivity index (χ0v) is 19.1. The van der Waals surface area contributed by atoms with Gasteiger partial charge in [0.15, 0.2) is 0 Å². The molecular weight excluding hydrogens is 404 g/mol. The standard InChI is InChI=1S/C22H30N2O3S2/c1-17(2)19-9-11-21(12-10-19)24(29(4,26)27)15-22(25)23-13-14-28-16-20-8-6-5-7-18(20)3/h5-12,17H,13-16H2,1-4H3,(H,23,25). The van der Waals surface area contributed by atoms with Crippen molar-refractivity contribution in [2.75, 3.05) is 29.4 Å². The van der Waals surface area contributed by atoms with Gasteiger partial charge in [0.25, 0.3) is 0 Å². The third-order valence-electron chi connectivity index (χ3n) is 4.62. The number of nitrogens with one attached hydrogen (secondary N) is 1. The van der Waals surface area contributed by atoms with Crippen molar-refractivity contribution in [1.82, 2.24) is 5.32 Å². The van der Waals surface area contributed by atoms with Gasteiger partial charge in [-0.25, -0.2) is 8.42 Å². The second kappa shape index (κ2) is 10.7. The van der Waals surface area contributed by atoms with E-state index in [0.29, 0.717) is 18.2 Å². The molecule has 0 aliphatic heterocycles. The van der Waals surface area contributed by atoms with Gasteiger partial charge in [-0.05, 0) is 41.7 Å². The first-order valence-corrected chi connectivity index (χ1v) is 12.7. The average Bonchev–Trinajstić information content (AvgIpc) is 2.66. The van der Waals surface area contributed by atoms with Crippen molar-refractivity contribution < 1.29 is 13.2 Å². The maximum atomic E-state index is 12.3. The van der Waals surface area contributed by atoms with Crippen molar-refractivity contribution >= 4 is 33.4 Å². The number of sulfonamides is 1. The fourth-order valence-corrected chi connectivity index (χ4v) is 4.62. The Morgan fingerprint density at radius 2 is 1.76 bits per heavy atom. The quantitative estimate of drug-likeness (QED) is 0.575. The van der Waals surface area contributed by atoms with E-state index in [-0.39, 0.29) is 12.5 Å². The van der Waals surface area contributed by atoms with Crippen LogP contribution >= 0.6 is 11.8 Å². The van der Waals surface area contributed by atoms with Gasteiger partial charge in [0.2, 0.25) is 15.9 Å². The summed E-state index contributed by atoms with van der Waals surface area (Å²) in [5.41, 5.74) is 4.17. The number of carbonyl (C=O) groups excluding carboxylic acids is 1. The van der Waals surface area contributed by atoms with Crippen LogP contribution in [0.5, 0.6) is 0 Å². The molecule has 1 amide bonds. The van der Waals surface area contributed by atoms with Crippen molar-refractivity contribution in [2.24, 2.45) is 0 Å². The van der Waals surface area contributed by atoms with E-state index in [1.165, 1.54) is 11.1 Å². The van der Waals surface area contributed by atoms with Gasteiger partial charge >= 0.3 is 0 Å². The third kappa shape index (κ3) is 7.40. The fourth-order valence-electron chi connectivity index (χ4n) is 2.83. The van der Waals surface area contributed by atoms with Crippen molar-refractivity contribution in [1.29, 1.82) is 0 Å². The number of nitrogens with zero attached hydrogens (tertiary/aromatic N) is 1. The van der Waals surface area contributed by atoms with Crippen LogP contribution in [0.4, 0.5) is 5.69 Å². The first-order chi connectivity index (χ1) is 13.7. The van der Waals surface area contributed by atoms with Gasteiger partial charge in [0, 0.05) is 18.1 Å². The zero-order chi connectivity index (χ0) is 21.4. The Balaban J connectivity index is 1.86. The summed E-state index contributed by atoms with van der Waals surface area (Å²) in [7, 11) is -3.55.